The van der Waals surface area contributed by atoms with E-state index in [1.807, 2.05) is 30.3 Å². The second kappa shape index (κ2) is 8.01. The third-order valence-electron chi connectivity index (χ3n) is 4.49. The van der Waals surface area contributed by atoms with Gasteiger partial charge in [-0.3, -0.25) is 4.79 Å². The number of rotatable bonds is 6. The molecule has 26 heavy (non-hydrogen) atoms. The highest BCUT2D eigenvalue weighted by molar-refractivity contribution is 5.97. The van der Waals surface area contributed by atoms with Gasteiger partial charge in [0, 0.05) is 25.6 Å². The summed E-state index contributed by atoms with van der Waals surface area (Å²) in [4.78, 5) is 25.5. The van der Waals surface area contributed by atoms with Gasteiger partial charge in [0.25, 0.3) is 5.91 Å². The molecule has 2 atom stereocenters. The van der Waals surface area contributed by atoms with E-state index in [-0.39, 0.29) is 18.6 Å². The molecule has 0 aromatic heterocycles. The summed E-state index contributed by atoms with van der Waals surface area (Å²) in [5, 5.41) is 9.35. The van der Waals surface area contributed by atoms with Crippen molar-refractivity contribution in [3.05, 3.63) is 65.7 Å². The van der Waals surface area contributed by atoms with E-state index in [4.69, 9.17) is 9.47 Å². The average Bonchev–Trinajstić information content (AvgIpc) is 3.12. The second-order valence-corrected chi connectivity index (χ2v) is 6.20. The minimum absolute atomic E-state index is 0.256. The first-order valence-electron chi connectivity index (χ1n) is 8.42. The van der Waals surface area contributed by atoms with Crippen LogP contribution in [0.2, 0.25) is 0 Å². The predicted octanol–water partition coefficient (Wildman–Crippen LogP) is 2.58. The maximum Gasteiger partial charge on any atom is 0.326 e. The molecule has 0 bridgehead atoms. The van der Waals surface area contributed by atoms with Gasteiger partial charge >= 0.3 is 5.97 Å². The maximum absolute atomic E-state index is 12.7. The van der Waals surface area contributed by atoms with Crippen LogP contribution in [-0.4, -0.2) is 47.7 Å². The highest BCUT2D eigenvalue weighted by Gasteiger charge is 2.40. The van der Waals surface area contributed by atoms with Gasteiger partial charge in [0.1, 0.15) is 18.4 Å². The molecule has 6 heteroatoms. The summed E-state index contributed by atoms with van der Waals surface area (Å²) < 4.78 is 10.9. The molecule has 0 saturated carbocycles. The van der Waals surface area contributed by atoms with Crippen molar-refractivity contribution >= 4 is 11.9 Å². The normalized spacial score (nSPS) is 19.3. The highest BCUT2D eigenvalue weighted by Crippen LogP contribution is 2.23. The second-order valence-electron chi connectivity index (χ2n) is 6.20. The van der Waals surface area contributed by atoms with Gasteiger partial charge in [-0.1, -0.05) is 30.3 Å². The first-order valence-corrected chi connectivity index (χ1v) is 8.42. The van der Waals surface area contributed by atoms with Crippen molar-refractivity contribution in [2.75, 3.05) is 13.7 Å². The fraction of sp³-hybridized carbons (Fsp3) is 0.300. The van der Waals surface area contributed by atoms with Crippen LogP contribution in [-0.2, 0) is 16.1 Å². The van der Waals surface area contributed by atoms with Crippen LogP contribution in [0.3, 0.4) is 0 Å². The molecule has 1 saturated heterocycles. The number of hydrogen-bond donors (Lipinski definition) is 1. The lowest BCUT2D eigenvalue weighted by Gasteiger charge is -2.21. The number of ether oxygens (including phenoxy) is 2. The molecule has 1 N–H and O–H groups in total. The Kier molecular flexibility index (Phi) is 5.53. The van der Waals surface area contributed by atoms with Gasteiger partial charge in [-0.05, 0) is 29.8 Å². The SMILES string of the molecule is COC1CC(C(=O)O)N(C(=O)c2ccc(OCc3ccccc3)cc2)C1. The van der Waals surface area contributed by atoms with Crippen LogP contribution in [0.15, 0.2) is 54.6 Å². The number of nitrogens with zero attached hydrogens (tertiary/aromatic N) is 1. The van der Waals surface area contributed by atoms with Gasteiger partial charge in [0.05, 0.1) is 6.10 Å². The number of amides is 1. The number of aliphatic carboxylic acids is 1. The number of hydrogen-bond acceptors (Lipinski definition) is 4. The number of carbonyl (C=O) groups is 2. The lowest BCUT2D eigenvalue weighted by Crippen LogP contribution is -2.40. The molecule has 0 radical (unpaired) electrons. The number of carboxylic acid groups (broad SMARTS) is 1. The molecule has 1 heterocycles. The van der Waals surface area contributed by atoms with Crippen LogP contribution < -0.4 is 4.74 Å². The fourth-order valence-corrected chi connectivity index (χ4v) is 3.03. The average molecular weight is 355 g/mol. The van der Waals surface area contributed by atoms with Gasteiger partial charge in [-0.15, -0.1) is 0 Å². The Balaban J connectivity index is 1.65. The number of carboxylic acids is 1. The van der Waals surface area contributed by atoms with E-state index in [0.29, 0.717) is 24.3 Å². The van der Waals surface area contributed by atoms with Crippen LogP contribution >= 0.6 is 0 Å². The standard InChI is InChI=1S/C20H21NO5/c1-25-17-11-18(20(23)24)21(12-17)19(22)15-7-9-16(10-8-15)26-13-14-5-3-2-4-6-14/h2-10,17-18H,11-13H2,1H3,(H,23,24). The number of likely N-dealkylation sites (tertiary alicyclic amines) is 1. The highest BCUT2D eigenvalue weighted by atomic mass is 16.5. The van der Waals surface area contributed by atoms with E-state index < -0.39 is 12.0 Å². The molecule has 0 aliphatic carbocycles. The molecule has 1 fully saturated rings. The first kappa shape index (κ1) is 17.9. The van der Waals surface area contributed by atoms with E-state index in [1.165, 1.54) is 12.0 Å². The van der Waals surface area contributed by atoms with Crippen LogP contribution in [0.1, 0.15) is 22.3 Å². The van der Waals surface area contributed by atoms with E-state index in [1.54, 1.807) is 24.3 Å². The molecule has 6 nitrogen and oxygen atoms in total. The predicted molar refractivity (Wildman–Crippen MR) is 95.1 cm³/mol. The molecule has 136 valence electrons. The number of benzene rings is 2. The Morgan fingerprint density at radius 2 is 1.81 bits per heavy atom. The summed E-state index contributed by atoms with van der Waals surface area (Å²) in [7, 11) is 1.52. The number of carbonyl (C=O) groups excluding carboxylic acids is 1. The Morgan fingerprint density at radius 3 is 2.42 bits per heavy atom. The molecule has 1 amide bonds. The van der Waals surface area contributed by atoms with Crippen molar-refractivity contribution in [2.45, 2.75) is 25.2 Å². The van der Waals surface area contributed by atoms with E-state index in [0.717, 1.165) is 5.56 Å². The van der Waals surface area contributed by atoms with E-state index in [2.05, 4.69) is 0 Å². The monoisotopic (exact) mass is 355 g/mol. The van der Waals surface area contributed by atoms with Crippen LogP contribution in [0.4, 0.5) is 0 Å². The molecule has 2 aromatic rings. The molecule has 2 unspecified atom stereocenters. The summed E-state index contributed by atoms with van der Waals surface area (Å²) in [6.45, 7) is 0.718. The lowest BCUT2D eigenvalue weighted by atomic mass is 10.1. The lowest BCUT2D eigenvalue weighted by molar-refractivity contribution is -0.141. The van der Waals surface area contributed by atoms with Crippen molar-refractivity contribution < 1.29 is 24.2 Å². The zero-order valence-electron chi connectivity index (χ0n) is 14.5. The molecule has 0 spiro atoms. The van der Waals surface area contributed by atoms with Crippen molar-refractivity contribution in [1.82, 2.24) is 4.90 Å². The summed E-state index contributed by atoms with van der Waals surface area (Å²) in [6, 6.07) is 15.7. The Hall–Kier alpha value is -2.86. The van der Waals surface area contributed by atoms with Crippen LogP contribution in [0.25, 0.3) is 0 Å². The van der Waals surface area contributed by atoms with Gasteiger partial charge in [-0.2, -0.15) is 0 Å². The molecular weight excluding hydrogens is 334 g/mol. The third kappa shape index (κ3) is 4.03. The topological polar surface area (TPSA) is 76.1 Å². The molecule has 3 rings (SSSR count). The number of methoxy groups -OCH3 is 1. The summed E-state index contributed by atoms with van der Waals surface area (Å²) in [6.07, 6.45) is 0.0454. The Labute approximate surface area is 152 Å². The smallest absolute Gasteiger partial charge is 0.326 e. The Morgan fingerprint density at radius 1 is 1.12 bits per heavy atom. The summed E-state index contributed by atoms with van der Waals surface area (Å²) in [5.74, 6) is -0.677. The first-order chi connectivity index (χ1) is 12.6. The van der Waals surface area contributed by atoms with E-state index in [9.17, 15) is 14.7 Å². The van der Waals surface area contributed by atoms with Crippen molar-refractivity contribution in [3.63, 3.8) is 0 Å². The van der Waals surface area contributed by atoms with Gasteiger partial charge in [-0.25, -0.2) is 4.79 Å². The zero-order chi connectivity index (χ0) is 18.5. The van der Waals surface area contributed by atoms with Crippen molar-refractivity contribution in [1.29, 1.82) is 0 Å². The zero-order valence-corrected chi connectivity index (χ0v) is 14.5. The maximum atomic E-state index is 12.7. The quantitative estimate of drug-likeness (QED) is 0.862. The van der Waals surface area contributed by atoms with Gasteiger partial charge in [0.2, 0.25) is 0 Å². The minimum Gasteiger partial charge on any atom is -0.489 e. The molecule has 1 aliphatic heterocycles. The van der Waals surface area contributed by atoms with Gasteiger partial charge < -0.3 is 19.5 Å². The third-order valence-corrected chi connectivity index (χ3v) is 4.49. The molecule has 2 aromatic carbocycles. The minimum atomic E-state index is -1.01. The molecule has 1 aliphatic rings. The Bertz CT molecular complexity index is 760. The van der Waals surface area contributed by atoms with Crippen LogP contribution in [0.5, 0.6) is 5.75 Å². The fourth-order valence-electron chi connectivity index (χ4n) is 3.03. The van der Waals surface area contributed by atoms with Crippen molar-refractivity contribution in [3.8, 4) is 5.75 Å². The largest absolute Gasteiger partial charge is 0.489 e. The summed E-state index contributed by atoms with van der Waals surface area (Å²) >= 11 is 0. The van der Waals surface area contributed by atoms with Gasteiger partial charge in [0.15, 0.2) is 0 Å². The molecular formula is C20H21NO5. The van der Waals surface area contributed by atoms with Crippen molar-refractivity contribution in [2.24, 2.45) is 0 Å². The summed E-state index contributed by atoms with van der Waals surface area (Å²) in [5.41, 5.74) is 1.49. The van der Waals surface area contributed by atoms with Crippen LogP contribution in [0, 0.1) is 0 Å². The van der Waals surface area contributed by atoms with E-state index >= 15 is 0 Å².